The normalized spacial score (nSPS) is 12.6. The first-order valence-electron chi connectivity index (χ1n) is 8.49. The van der Waals surface area contributed by atoms with Crippen LogP contribution < -0.4 is 10.00 Å². The summed E-state index contributed by atoms with van der Waals surface area (Å²) in [5, 5.41) is 16.9. The van der Waals surface area contributed by atoms with Crippen LogP contribution >= 0.6 is 11.8 Å². The second kappa shape index (κ2) is 7.28. The number of H-pyrrole nitrogens is 1. The molecule has 4 rings (SSSR count). The molecule has 136 valence electrons. The van der Waals surface area contributed by atoms with Gasteiger partial charge in [-0.3, -0.25) is 4.79 Å². The van der Waals surface area contributed by atoms with Crippen molar-refractivity contribution in [1.82, 2.24) is 15.5 Å². The van der Waals surface area contributed by atoms with E-state index in [2.05, 4.69) is 32.1 Å². The zero-order valence-corrected chi connectivity index (χ0v) is 15.4. The third kappa shape index (κ3) is 3.59. The number of rotatable bonds is 5. The number of carbonyl (C=O) groups excluding carboxylic acids is 1. The highest BCUT2D eigenvalue weighted by Gasteiger charge is 2.20. The van der Waals surface area contributed by atoms with Gasteiger partial charge in [-0.15, -0.1) is 4.91 Å². The lowest BCUT2D eigenvalue weighted by atomic mass is 10.1. The predicted molar refractivity (Wildman–Crippen MR) is 100.0 cm³/mol. The zero-order chi connectivity index (χ0) is 18.8. The number of hydrogen-bond donors (Lipinski definition) is 2. The molecule has 0 atom stereocenters. The van der Waals surface area contributed by atoms with E-state index in [9.17, 15) is 9.70 Å². The Morgan fingerprint density at radius 3 is 2.85 bits per heavy atom. The number of carbonyl (C=O) groups is 1. The van der Waals surface area contributed by atoms with Crippen LogP contribution in [0.15, 0.2) is 51.6 Å². The van der Waals surface area contributed by atoms with Gasteiger partial charge in [-0.25, -0.2) is 0 Å². The van der Waals surface area contributed by atoms with Gasteiger partial charge in [-0.2, -0.15) is 4.68 Å². The van der Waals surface area contributed by atoms with E-state index in [0.29, 0.717) is 15.6 Å². The summed E-state index contributed by atoms with van der Waals surface area (Å²) in [6, 6.07) is 10.7. The summed E-state index contributed by atoms with van der Waals surface area (Å²) in [6.07, 6.45) is 3.27. The first kappa shape index (κ1) is 17.3. The van der Waals surface area contributed by atoms with Crippen LogP contribution in [0.4, 0.5) is 11.4 Å². The molecule has 3 aromatic rings. The second-order valence-corrected chi connectivity index (χ2v) is 7.32. The molecule has 9 heteroatoms. The van der Waals surface area contributed by atoms with Gasteiger partial charge in [0.2, 0.25) is 0 Å². The van der Waals surface area contributed by atoms with E-state index in [4.69, 9.17) is 0 Å². The lowest BCUT2D eigenvalue weighted by molar-refractivity contribution is -0.765. The molecule has 0 saturated heterocycles. The number of aromatic amines is 1. The largest absolute Gasteiger partial charge is 0.364 e. The van der Waals surface area contributed by atoms with Crippen molar-refractivity contribution in [3.63, 3.8) is 0 Å². The van der Waals surface area contributed by atoms with Crippen LogP contribution in [0, 0.1) is 4.91 Å². The van der Waals surface area contributed by atoms with E-state index in [1.165, 1.54) is 29.0 Å². The molecule has 0 bridgehead atoms. The number of anilines is 1. The van der Waals surface area contributed by atoms with Crippen molar-refractivity contribution in [3.05, 3.63) is 58.0 Å². The van der Waals surface area contributed by atoms with Crippen LogP contribution in [0.25, 0.3) is 0 Å². The summed E-state index contributed by atoms with van der Waals surface area (Å²) in [5.74, 6) is -0.299. The molecule has 0 unspecified atom stereocenters. The van der Waals surface area contributed by atoms with Crippen molar-refractivity contribution in [2.45, 2.75) is 29.3 Å². The number of nitrogens with one attached hydrogen (secondary N) is 2. The maximum absolute atomic E-state index is 12.9. The number of nitroso groups, excluding NO2 is 1. The van der Waals surface area contributed by atoms with Crippen molar-refractivity contribution in [3.8, 4) is 0 Å². The number of amides is 1. The average Bonchev–Trinajstić information content (AvgIpc) is 3.30. The number of nitrogens with zero attached hydrogens (tertiary/aromatic N) is 4. The van der Waals surface area contributed by atoms with Crippen LogP contribution in [0.5, 0.6) is 0 Å². The molecule has 1 heterocycles. The molecule has 0 fully saturated rings. The van der Waals surface area contributed by atoms with Gasteiger partial charge in [-0.1, -0.05) is 11.3 Å². The highest BCUT2D eigenvalue weighted by atomic mass is 32.2. The quantitative estimate of drug-likeness (QED) is 0.522. The minimum absolute atomic E-state index is 0.197. The smallest absolute Gasteiger partial charge is 0.322 e. The second-order valence-electron chi connectivity index (χ2n) is 6.31. The number of hydrogen-bond acceptors (Lipinski definition) is 6. The summed E-state index contributed by atoms with van der Waals surface area (Å²) >= 11 is 1.28. The molecule has 0 spiro atoms. The molecule has 2 N–H and O–H groups in total. The Hall–Kier alpha value is -3.07. The third-order valence-corrected chi connectivity index (χ3v) is 5.60. The fraction of sp³-hybridized carbons (Fsp3) is 0.222. The number of benzene rings is 2. The Morgan fingerprint density at radius 1 is 1.22 bits per heavy atom. The SMILES string of the molecule is C[n+]1[nH]nnc1Sc1ccc(N=O)cc1C(=O)Nc1ccc2c(c1)CCC2. The highest BCUT2D eigenvalue weighted by molar-refractivity contribution is 7.99. The van der Waals surface area contributed by atoms with Crippen LogP contribution in [-0.2, 0) is 19.9 Å². The Bertz CT molecular complexity index is 1030. The highest BCUT2D eigenvalue weighted by Crippen LogP contribution is 2.31. The van der Waals surface area contributed by atoms with Gasteiger partial charge in [0.1, 0.15) is 10.8 Å². The van der Waals surface area contributed by atoms with Crippen molar-refractivity contribution >= 4 is 29.0 Å². The van der Waals surface area contributed by atoms with E-state index >= 15 is 0 Å². The maximum Gasteiger partial charge on any atom is 0.364 e. The molecule has 0 saturated carbocycles. The lowest BCUT2D eigenvalue weighted by Crippen LogP contribution is -2.32. The molecule has 8 nitrogen and oxygen atoms in total. The van der Waals surface area contributed by atoms with Gasteiger partial charge in [0.25, 0.3) is 5.91 Å². The van der Waals surface area contributed by atoms with E-state index in [0.717, 1.165) is 24.9 Å². The van der Waals surface area contributed by atoms with Crippen molar-refractivity contribution < 1.29 is 9.48 Å². The van der Waals surface area contributed by atoms with Crippen LogP contribution in [0.3, 0.4) is 0 Å². The molecule has 1 aliphatic rings. The average molecular weight is 381 g/mol. The zero-order valence-electron chi connectivity index (χ0n) is 14.6. The summed E-state index contributed by atoms with van der Waals surface area (Å²) < 4.78 is 1.64. The molecule has 2 aromatic carbocycles. The maximum atomic E-state index is 12.9. The van der Waals surface area contributed by atoms with Crippen molar-refractivity contribution in [2.24, 2.45) is 12.2 Å². The Kier molecular flexibility index (Phi) is 4.68. The van der Waals surface area contributed by atoms with Crippen LogP contribution in [0.2, 0.25) is 0 Å². The minimum Gasteiger partial charge on any atom is -0.322 e. The lowest BCUT2D eigenvalue weighted by Gasteiger charge is -2.10. The summed E-state index contributed by atoms with van der Waals surface area (Å²) in [5.41, 5.74) is 3.92. The van der Waals surface area contributed by atoms with E-state index in [1.807, 2.05) is 12.1 Å². The van der Waals surface area contributed by atoms with Gasteiger partial charge in [-0.05, 0) is 77.7 Å². The monoisotopic (exact) mass is 381 g/mol. The van der Waals surface area contributed by atoms with E-state index in [-0.39, 0.29) is 11.6 Å². The van der Waals surface area contributed by atoms with Crippen LogP contribution in [-0.4, -0.2) is 21.4 Å². The molecule has 1 aromatic heterocycles. The Balaban J connectivity index is 1.63. The molecular formula is C18H17N6O2S+. The number of tetrazole rings is 1. The minimum atomic E-state index is -0.299. The molecule has 1 amide bonds. The van der Waals surface area contributed by atoms with Gasteiger partial charge in [0.15, 0.2) is 5.21 Å². The summed E-state index contributed by atoms with van der Waals surface area (Å²) in [4.78, 5) is 24.5. The van der Waals surface area contributed by atoms with E-state index < -0.39 is 0 Å². The third-order valence-electron chi connectivity index (χ3n) is 4.49. The van der Waals surface area contributed by atoms with Crippen molar-refractivity contribution in [2.75, 3.05) is 5.32 Å². The Labute approximate surface area is 159 Å². The fourth-order valence-corrected chi connectivity index (χ4v) is 3.97. The number of aromatic nitrogens is 4. The number of fused-ring (bicyclic) bond motifs is 1. The fourth-order valence-electron chi connectivity index (χ4n) is 3.12. The van der Waals surface area contributed by atoms with Gasteiger partial charge in [0, 0.05) is 10.6 Å². The Morgan fingerprint density at radius 2 is 2.07 bits per heavy atom. The topological polar surface area (TPSA) is 104 Å². The van der Waals surface area contributed by atoms with E-state index in [1.54, 1.807) is 23.9 Å². The summed E-state index contributed by atoms with van der Waals surface area (Å²) in [6.45, 7) is 0. The molecule has 27 heavy (non-hydrogen) atoms. The molecule has 1 aliphatic carbocycles. The molecule has 0 radical (unpaired) electrons. The molecular weight excluding hydrogens is 364 g/mol. The van der Waals surface area contributed by atoms with Crippen LogP contribution in [0.1, 0.15) is 27.9 Å². The predicted octanol–water partition coefficient (Wildman–Crippen LogP) is 2.92. The van der Waals surface area contributed by atoms with Gasteiger partial charge in [0.05, 0.1) is 12.6 Å². The van der Waals surface area contributed by atoms with Gasteiger partial charge >= 0.3 is 5.16 Å². The summed E-state index contributed by atoms with van der Waals surface area (Å²) in [7, 11) is 1.77. The molecule has 0 aliphatic heterocycles. The number of aryl methyl sites for hydroxylation is 3. The first-order valence-corrected chi connectivity index (χ1v) is 9.31. The van der Waals surface area contributed by atoms with Crippen molar-refractivity contribution in [1.29, 1.82) is 0 Å². The van der Waals surface area contributed by atoms with Gasteiger partial charge < -0.3 is 5.32 Å². The standard InChI is InChI=1S/C18H16N6O2S/c1-24-18(20-22-23-24)27-16-8-7-14(21-26)10-15(16)17(25)19-13-6-5-11-3-2-4-12(11)9-13/h5-10H,2-4H2,1H3,(H,19,25)/p+1. The first-order chi connectivity index (χ1) is 13.1.